The molecule has 7 aromatic rings. The SMILES string of the molecule is C1COCCN1.CC(C)(C)ON=O.Clc1ncc2nc(Br)sc2n1.Clc1ncc2nc(N3CCOCC3)sc2n1.N#CSc1nc(Cl)ncc1[N+](=O)[O-].Nc1nc2cnc(Cl)nc2s1.PPP(P)P(P(P)P)P(P(P(P)P)P(P)P)P(P(P(P)P)P(P)P)P(P(P)P)P(P)P. The minimum Gasteiger partial charge on any atom is -0.379 e. The van der Waals surface area contributed by atoms with E-state index in [0.717, 1.165) is 101 Å². The first kappa shape index (κ1) is 98.3. The van der Waals surface area contributed by atoms with E-state index >= 15 is 0 Å². The van der Waals surface area contributed by atoms with Crippen LogP contribution in [0.25, 0.3) is 31.0 Å². The van der Waals surface area contributed by atoms with E-state index in [1.807, 2.05) is 0 Å². The van der Waals surface area contributed by atoms with Crippen LogP contribution in [-0.4, -0.2) is 118 Å². The standard InChI is InChI=1S/C9H9ClN4OS.C5HBrClN3S.C5HClN4O2S.C5H3ClN4S.C4H9NO2.C4H9NO.H33P31/c10-8-11-5-6-7(13-8)16-9(12-6)14-1-3-15-4-2-14;6-4-9-2-1-8-5(7)10-3(2)11-4;6-5-8-1-3(10(11)12)4(9-5)13-2-7;6-4-8-1-2-3(10-4)11-5(7)9-2;1-4(2,3)7-5-6;1-3-6-4-2-5-1;1-17-25(16)29(24(14)15)31(28(22(10)11)23(12)13)30(26(18(2)3)19(4)5)27(20(6)7)21(8)9/h5H,1-4H2;1H;1H;1H,(H2,7,9);1-3H3;5H,1-4H2;17H,1-16H2. The number of halogens is 5. The lowest BCUT2D eigenvalue weighted by atomic mass is 10.2. The van der Waals surface area contributed by atoms with E-state index in [0.29, 0.717) is 22.4 Å². The van der Waals surface area contributed by atoms with Crippen molar-refractivity contribution in [1.29, 1.82) is 5.26 Å². The Morgan fingerprint density at radius 3 is 1.43 bits per heavy atom. The monoisotopic (exact) mass is 2090 g/mol. The molecule has 23 nitrogen and oxygen atoms in total. The van der Waals surface area contributed by atoms with Gasteiger partial charge in [0, 0.05) is 37.9 Å². The zero-order valence-corrected chi connectivity index (χ0v) is 89.1. The molecule has 3 N–H and O–H groups in total. The third-order valence-electron chi connectivity index (χ3n) is 9.40. The smallest absolute Gasteiger partial charge is 0.320 e. The maximum atomic E-state index is 10.4. The van der Waals surface area contributed by atoms with Crippen LogP contribution < -0.4 is 16.0 Å². The third-order valence-corrected chi connectivity index (χ3v) is 220. The lowest BCUT2D eigenvalue weighted by Gasteiger charge is -2.52. The number of nitriles is 1. The Morgan fingerprint density at radius 1 is 0.653 bits per heavy atom. The summed E-state index contributed by atoms with van der Waals surface area (Å²) >= 11 is 30.3. The summed E-state index contributed by atoms with van der Waals surface area (Å²) in [5.74, 6) is 0. The van der Waals surface area contributed by atoms with Crippen LogP contribution >= 0.6 is 357 Å². The summed E-state index contributed by atoms with van der Waals surface area (Å²) in [6.45, 7) is 12.3. The molecule has 0 aromatic carbocycles. The normalized spacial score (nSPS) is 14.5. The minimum atomic E-state index is -0.671. The first-order valence-corrected chi connectivity index (χ1v) is 86.1. The second-order valence-corrected chi connectivity index (χ2v) is 147. The second kappa shape index (κ2) is 53.2. The van der Waals surface area contributed by atoms with Gasteiger partial charge in [0.2, 0.25) is 21.1 Å². The van der Waals surface area contributed by atoms with E-state index in [-0.39, 0.29) is 130 Å². The molecule has 2 aliphatic heterocycles. The molecule has 9 rings (SSSR count). The number of rotatable bonds is 18. The first-order valence-electron chi connectivity index (χ1n) is 24.7. The minimum absolute atomic E-state index is 0.0336. The van der Waals surface area contributed by atoms with Crippen LogP contribution in [0, 0.1) is 25.7 Å². The Bertz CT molecular complexity index is 3370. The van der Waals surface area contributed by atoms with Crippen molar-refractivity contribution in [2.24, 2.45) is 5.34 Å². The zero-order chi connectivity index (χ0) is 71.4. The average Bonchev–Trinajstić information content (AvgIpc) is 1.67. The van der Waals surface area contributed by atoms with Gasteiger partial charge in [-0.15, -0.1) is 148 Å². The van der Waals surface area contributed by atoms with Gasteiger partial charge >= 0.3 is 5.69 Å². The van der Waals surface area contributed by atoms with Gasteiger partial charge in [-0.2, -0.15) is 5.26 Å². The van der Waals surface area contributed by atoms with Crippen LogP contribution in [0.4, 0.5) is 16.0 Å². The van der Waals surface area contributed by atoms with Crippen molar-refractivity contribution >= 4 is 404 Å². The van der Waals surface area contributed by atoms with Crippen molar-refractivity contribution in [2.45, 2.75) is 31.4 Å². The highest BCUT2D eigenvalue weighted by Gasteiger charge is 2.51. The van der Waals surface area contributed by atoms with Gasteiger partial charge in [0.1, 0.15) is 48.2 Å². The van der Waals surface area contributed by atoms with Gasteiger partial charge in [0.05, 0.1) is 49.9 Å². The number of fused-ring (bicyclic) bond motifs is 3. The molecule has 7 aromatic heterocycles. The molecule has 20 atom stereocenters. The molecule has 95 heavy (non-hydrogen) atoms. The van der Waals surface area contributed by atoms with Gasteiger partial charge in [-0.3, -0.25) is 10.1 Å². The highest BCUT2D eigenvalue weighted by molar-refractivity contribution is 9.44. The number of nitrogens with two attached hydrogens (primary N) is 1. The number of thiocyanates is 1. The number of aromatic nitrogens is 11. The van der Waals surface area contributed by atoms with Crippen LogP contribution in [-0.2, 0) is 14.3 Å². The Labute approximate surface area is 651 Å². The number of hydrogen-bond acceptors (Lipinski definition) is 26. The summed E-state index contributed by atoms with van der Waals surface area (Å²) in [6.07, 6.45) is 5.78. The fourth-order valence-corrected chi connectivity index (χ4v) is 417. The van der Waals surface area contributed by atoms with Gasteiger partial charge in [0.25, 0.3) is 0 Å². The van der Waals surface area contributed by atoms with Gasteiger partial charge in [-0.25, -0.2) is 54.8 Å². The van der Waals surface area contributed by atoms with Crippen LogP contribution in [0.15, 0.2) is 39.1 Å². The fourth-order valence-electron chi connectivity index (χ4n) is 5.91. The highest BCUT2D eigenvalue weighted by atomic mass is 79.9. The number of nitro groups is 1. The third kappa shape index (κ3) is 37.3. The van der Waals surface area contributed by atoms with Crippen molar-refractivity contribution in [3.63, 3.8) is 0 Å². The molecule has 0 radical (unpaired) electrons. The van der Waals surface area contributed by atoms with E-state index in [1.165, 1.54) is 22.7 Å². The molecule has 0 spiro atoms. The van der Waals surface area contributed by atoms with Crippen molar-refractivity contribution in [3.8, 4) is 5.40 Å². The van der Waals surface area contributed by atoms with E-state index in [2.05, 4.69) is 234 Å². The van der Waals surface area contributed by atoms with E-state index < -0.39 is 10.5 Å². The Hall–Kier alpha value is 9.08. The van der Waals surface area contributed by atoms with Gasteiger partial charge in [-0.1, -0.05) is 42.0 Å². The maximum absolute atomic E-state index is 10.4. The molecule has 528 valence electrons. The van der Waals surface area contributed by atoms with Gasteiger partial charge in [0.15, 0.2) is 24.5 Å². The molecular weight excluding hydrogens is 2030 g/mol. The van der Waals surface area contributed by atoms with Gasteiger partial charge < -0.3 is 30.3 Å². The Kier molecular flexibility index (Phi) is 55.0. The van der Waals surface area contributed by atoms with Crippen molar-refractivity contribution in [3.05, 3.63) is 64.9 Å². The number of ether oxygens (including phenoxy) is 2. The number of morpholine rings is 2. The summed E-state index contributed by atoms with van der Waals surface area (Å²) in [5, 5.41) is 27.8. The average molecular weight is 2090 g/mol. The number of thiazole rings is 3. The molecule has 63 heteroatoms. The van der Waals surface area contributed by atoms with Crippen molar-refractivity contribution in [2.75, 3.05) is 63.2 Å². The van der Waals surface area contributed by atoms with E-state index in [1.54, 1.807) is 56.1 Å². The molecular formula is C32H65BrCl4N17O6P31S4. The van der Waals surface area contributed by atoms with Crippen molar-refractivity contribution in [1.82, 2.24) is 60.1 Å². The largest absolute Gasteiger partial charge is 0.379 e. The number of anilines is 2. The summed E-state index contributed by atoms with van der Waals surface area (Å²) in [6, 6.07) is 0. The van der Waals surface area contributed by atoms with E-state index in [9.17, 15) is 15.0 Å². The highest BCUT2D eigenvalue weighted by Crippen LogP contribution is 3.39. The van der Waals surface area contributed by atoms with Crippen LogP contribution in [0.1, 0.15) is 20.8 Å². The molecule has 2 fully saturated rings. The summed E-state index contributed by atoms with van der Waals surface area (Å²) in [5.41, 5.74) is 6.95. The zero-order valence-electron chi connectivity index (χ0n) is 49.2. The molecule has 9 heterocycles. The van der Waals surface area contributed by atoms with Crippen LogP contribution in [0.3, 0.4) is 0 Å². The maximum Gasteiger partial charge on any atom is 0.320 e. The molecule has 0 saturated carbocycles. The summed E-state index contributed by atoms with van der Waals surface area (Å²) < 4.78 is 11.1. The molecule has 2 aliphatic rings. The Morgan fingerprint density at radius 2 is 1.05 bits per heavy atom. The van der Waals surface area contributed by atoms with Crippen molar-refractivity contribution < 1.29 is 19.2 Å². The number of nitrogens with one attached hydrogen (secondary N) is 1. The second-order valence-electron chi connectivity index (χ2n) is 17.3. The molecule has 0 amide bonds. The summed E-state index contributed by atoms with van der Waals surface area (Å²) in [7, 11) is 53.9. The number of nitrogens with zero attached hydrogens (tertiary/aromatic N) is 15. The number of nitrogen functional groups attached to an aromatic ring is 1. The number of hydrogen-bond donors (Lipinski definition) is 2. The van der Waals surface area contributed by atoms with Crippen LogP contribution in [0.5, 0.6) is 0 Å². The molecule has 0 aliphatic carbocycles. The molecule has 2 saturated heterocycles. The molecule has 20 unspecified atom stereocenters. The lowest BCUT2D eigenvalue weighted by Crippen LogP contribution is -2.36. The quantitative estimate of drug-likeness (QED) is 0.0118. The number of thioether (sulfide) groups is 1. The first-order chi connectivity index (χ1) is 44.7. The predicted octanol–water partition coefficient (Wildman–Crippen LogP) is 26.0. The topological polar surface area (TPSA) is 307 Å². The van der Waals surface area contributed by atoms with Gasteiger partial charge in [-0.05, 0) is 181 Å². The predicted molar refractivity (Wildman–Crippen MR) is 512 cm³/mol. The summed E-state index contributed by atoms with van der Waals surface area (Å²) in [4.78, 5) is 71.0. The van der Waals surface area contributed by atoms with Crippen LogP contribution in [0.2, 0.25) is 21.1 Å². The molecule has 0 bridgehead atoms. The Balaban J connectivity index is 0.000000310. The fraction of sp³-hybridized carbons (Fsp3) is 0.375. The lowest BCUT2D eigenvalue weighted by molar-refractivity contribution is -0.388. The van der Waals surface area contributed by atoms with E-state index in [4.69, 9.17) is 66.9 Å².